The fourth-order valence-electron chi connectivity index (χ4n) is 6.15. The molecule has 1 aliphatic heterocycles. The largest absolute Gasteiger partial charge is 0.497 e. The Bertz CT molecular complexity index is 1390. The Kier molecular flexibility index (Phi) is 7.13. The summed E-state index contributed by atoms with van der Waals surface area (Å²) >= 11 is 0. The average molecular weight is 524 g/mol. The van der Waals surface area contributed by atoms with Gasteiger partial charge in [0, 0.05) is 29.6 Å². The highest BCUT2D eigenvalue weighted by Crippen LogP contribution is 2.42. The van der Waals surface area contributed by atoms with Gasteiger partial charge >= 0.3 is 6.09 Å². The summed E-state index contributed by atoms with van der Waals surface area (Å²) in [5, 5.41) is 11.6. The highest BCUT2D eigenvalue weighted by atomic mass is 19.1. The van der Waals surface area contributed by atoms with E-state index >= 15 is 0 Å². The summed E-state index contributed by atoms with van der Waals surface area (Å²) in [7, 11) is 2.82. The first-order valence-corrected chi connectivity index (χ1v) is 13.2. The first kappa shape index (κ1) is 26.2. The van der Waals surface area contributed by atoms with Gasteiger partial charge in [-0.05, 0) is 75.8 Å². The van der Waals surface area contributed by atoms with E-state index < -0.39 is 18.0 Å². The van der Waals surface area contributed by atoms with Crippen LogP contribution in [0.25, 0.3) is 11.0 Å². The van der Waals surface area contributed by atoms with E-state index in [2.05, 4.69) is 0 Å². The summed E-state index contributed by atoms with van der Waals surface area (Å²) in [5.41, 5.74) is 3.51. The maximum absolute atomic E-state index is 14.4. The van der Waals surface area contributed by atoms with Gasteiger partial charge in [-0.3, -0.25) is 9.69 Å². The minimum absolute atomic E-state index is 0.0334. The summed E-state index contributed by atoms with van der Waals surface area (Å²) in [6.45, 7) is 3.62. The number of halogens is 1. The Labute approximate surface area is 221 Å². The van der Waals surface area contributed by atoms with Crippen molar-refractivity contribution in [2.45, 2.75) is 70.6 Å². The van der Waals surface area contributed by atoms with Gasteiger partial charge in [0.1, 0.15) is 29.3 Å². The number of ketones is 1. The number of aliphatic hydroxyl groups is 1. The Morgan fingerprint density at radius 1 is 1.16 bits per heavy atom. The van der Waals surface area contributed by atoms with E-state index in [9.17, 15) is 19.1 Å². The lowest BCUT2D eigenvalue weighted by Gasteiger charge is -2.34. The van der Waals surface area contributed by atoms with E-state index in [-0.39, 0.29) is 23.8 Å². The maximum Gasteiger partial charge on any atom is 0.414 e. The molecule has 2 aliphatic rings. The van der Waals surface area contributed by atoms with Gasteiger partial charge < -0.3 is 19.1 Å². The number of anilines is 1. The molecule has 0 saturated heterocycles. The van der Waals surface area contributed by atoms with Gasteiger partial charge in [-0.25, -0.2) is 14.2 Å². The molecule has 0 radical (unpaired) electrons. The summed E-state index contributed by atoms with van der Waals surface area (Å²) in [4.78, 5) is 31.6. The molecule has 1 fully saturated rings. The van der Waals surface area contributed by atoms with Gasteiger partial charge in [0.2, 0.25) is 0 Å². The fourth-order valence-corrected chi connectivity index (χ4v) is 6.15. The number of rotatable bonds is 5. The van der Waals surface area contributed by atoms with Crippen molar-refractivity contribution >= 4 is 28.6 Å². The molecule has 0 unspecified atom stereocenters. The standard InChI is InChI=1S/C29H34FN3O5/c1-16-8-9-23-24(32(16)29(36)38-4)10-11-25-26(23)31-28(27(35)19-12-20(30)15-22(14-19)37-3)33(25)21-7-5-6-18(13-21)17(2)34/h10-12,14-16,18,21,27,35H,5-9,13H2,1-4H3/t16-,18+,21+,27-/m0/s1. The lowest BCUT2D eigenvalue weighted by molar-refractivity contribution is -0.122. The molecule has 38 heavy (non-hydrogen) atoms. The lowest BCUT2D eigenvalue weighted by atomic mass is 9.83. The zero-order valence-electron chi connectivity index (χ0n) is 22.2. The minimum atomic E-state index is -1.22. The monoisotopic (exact) mass is 523 g/mol. The van der Waals surface area contributed by atoms with Crippen LogP contribution in [-0.4, -0.2) is 46.8 Å². The highest BCUT2D eigenvalue weighted by molar-refractivity contribution is 5.95. The van der Waals surface area contributed by atoms with Crippen LogP contribution in [0, 0.1) is 11.7 Å². The number of amides is 1. The van der Waals surface area contributed by atoms with Crippen molar-refractivity contribution in [3.8, 4) is 5.75 Å². The summed E-state index contributed by atoms with van der Waals surface area (Å²) < 4.78 is 26.7. The molecule has 2 heterocycles. The van der Waals surface area contributed by atoms with Crippen LogP contribution in [0.3, 0.4) is 0 Å². The molecule has 5 rings (SSSR count). The maximum atomic E-state index is 14.4. The van der Waals surface area contributed by atoms with Gasteiger partial charge in [0.25, 0.3) is 0 Å². The molecule has 1 aliphatic carbocycles. The molecule has 2 aromatic carbocycles. The van der Waals surface area contributed by atoms with Crippen LogP contribution in [0.2, 0.25) is 0 Å². The number of benzene rings is 2. The number of nitrogens with zero attached hydrogens (tertiary/aromatic N) is 3. The predicted molar refractivity (Wildman–Crippen MR) is 141 cm³/mol. The molecule has 1 saturated carbocycles. The van der Waals surface area contributed by atoms with Gasteiger partial charge in [-0.2, -0.15) is 0 Å². The minimum Gasteiger partial charge on any atom is -0.497 e. The van der Waals surface area contributed by atoms with Crippen LogP contribution in [0.5, 0.6) is 5.75 Å². The second-order valence-corrected chi connectivity index (χ2v) is 10.5. The zero-order valence-corrected chi connectivity index (χ0v) is 22.2. The predicted octanol–water partition coefficient (Wildman–Crippen LogP) is 5.49. The molecule has 4 atom stereocenters. The van der Waals surface area contributed by atoms with Gasteiger partial charge in [-0.1, -0.05) is 6.42 Å². The number of aromatic nitrogens is 2. The molecular weight excluding hydrogens is 489 g/mol. The van der Waals surface area contributed by atoms with E-state index in [0.29, 0.717) is 35.5 Å². The number of aryl methyl sites for hydroxylation is 1. The van der Waals surface area contributed by atoms with Gasteiger partial charge in [0.05, 0.1) is 30.9 Å². The molecule has 9 heteroatoms. The number of carbonyl (C=O) groups is 2. The Hall–Kier alpha value is -3.46. The molecule has 1 N–H and O–H groups in total. The van der Waals surface area contributed by atoms with E-state index in [1.54, 1.807) is 17.9 Å². The third kappa shape index (κ3) is 4.53. The number of hydrogen-bond acceptors (Lipinski definition) is 6. The molecule has 202 valence electrons. The SMILES string of the molecule is COC(=O)N1c2ccc3c(nc([C@@H](O)c4cc(F)cc(OC)c4)n3[C@@H]3CCC[C@@H](C(C)=O)C3)c2CC[C@@H]1C. The third-order valence-corrected chi connectivity index (χ3v) is 8.13. The highest BCUT2D eigenvalue weighted by Gasteiger charge is 2.35. The fraction of sp³-hybridized carbons (Fsp3) is 0.483. The van der Waals surface area contributed by atoms with Crippen LogP contribution in [0.4, 0.5) is 14.9 Å². The van der Waals surface area contributed by atoms with E-state index in [0.717, 1.165) is 42.5 Å². The average Bonchev–Trinajstić information content (AvgIpc) is 3.31. The summed E-state index contributed by atoms with van der Waals surface area (Å²) in [6, 6.07) is 7.90. The van der Waals surface area contributed by atoms with Crippen LogP contribution in [0.1, 0.15) is 75.0 Å². The molecule has 3 aromatic rings. The van der Waals surface area contributed by atoms with Crippen molar-refractivity contribution < 1.29 is 28.6 Å². The lowest BCUT2D eigenvalue weighted by Crippen LogP contribution is -2.42. The van der Waals surface area contributed by atoms with Crippen molar-refractivity contribution in [2.24, 2.45) is 5.92 Å². The molecule has 1 aromatic heterocycles. The Morgan fingerprint density at radius 2 is 1.95 bits per heavy atom. The number of fused-ring (bicyclic) bond motifs is 3. The number of carbonyl (C=O) groups excluding carboxylic acids is 2. The van der Waals surface area contributed by atoms with E-state index in [4.69, 9.17) is 14.5 Å². The second kappa shape index (κ2) is 10.4. The normalized spacial score (nSPS) is 22.2. The first-order valence-electron chi connectivity index (χ1n) is 13.2. The van der Waals surface area contributed by atoms with E-state index in [1.807, 2.05) is 23.6 Å². The Morgan fingerprint density at radius 3 is 2.66 bits per heavy atom. The topological polar surface area (TPSA) is 93.9 Å². The van der Waals surface area contributed by atoms with Crippen LogP contribution in [0.15, 0.2) is 30.3 Å². The van der Waals surface area contributed by atoms with Crippen molar-refractivity contribution in [1.29, 1.82) is 0 Å². The van der Waals surface area contributed by atoms with Crippen LogP contribution in [-0.2, 0) is 16.0 Å². The van der Waals surface area contributed by atoms with Crippen LogP contribution >= 0.6 is 0 Å². The van der Waals surface area contributed by atoms with Gasteiger partial charge in [-0.15, -0.1) is 0 Å². The number of Topliss-reactive ketones (excluding diaryl/α,β-unsaturated/α-hetero) is 1. The number of aliphatic hydroxyl groups excluding tert-OH is 1. The smallest absolute Gasteiger partial charge is 0.414 e. The number of imidazole rings is 1. The first-order chi connectivity index (χ1) is 18.2. The zero-order chi connectivity index (χ0) is 27.1. The van der Waals surface area contributed by atoms with Gasteiger partial charge in [0.15, 0.2) is 0 Å². The molecule has 8 nitrogen and oxygen atoms in total. The second-order valence-electron chi connectivity index (χ2n) is 10.5. The van der Waals surface area contributed by atoms with Crippen molar-refractivity contribution in [3.05, 3.63) is 53.1 Å². The number of ether oxygens (including phenoxy) is 2. The van der Waals surface area contributed by atoms with Crippen molar-refractivity contribution in [2.75, 3.05) is 19.1 Å². The summed E-state index contributed by atoms with van der Waals surface area (Å²) in [5.74, 6) is 0.278. The number of hydrogen-bond donors (Lipinski definition) is 1. The molecular formula is C29H34FN3O5. The third-order valence-electron chi connectivity index (χ3n) is 8.13. The Balaban J connectivity index is 1.70. The van der Waals surface area contributed by atoms with E-state index in [1.165, 1.54) is 26.4 Å². The number of methoxy groups -OCH3 is 2. The molecule has 1 amide bonds. The van der Waals surface area contributed by atoms with Crippen molar-refractivity contribution in [1.82, 2.24) is 9.55 Å². The summed E-state index contributed by atoms with van der Waals surface area (Å²) in [6.07, 6.45) is 3.01. The van der Waals surface area contributed by atoms with Crippen molar-refractivity contribution in [3.63, 3.8) is 0 Å². The van der Waals surface area contributed by atoms with Crippen LogP contribution < -0.4 is 9.64 Å². The quantitative estimate of drug-likeness (QED) is 0.475. The molecule has 0 spiro atoms. The molecule has 0 bridgehead atoms.